The predicted molar refractivity (Wildman–Crippen MR) is 79.8 cm³/mol. The van der Waals surface area contributed by atoms with Crippen LogP contribution in [0.2, 0.25) is 5.02 Å². The number of aromatic nitrogens is 2. The lowest BCUT2D eigenvalue weighted by Crippen LogP contribution is -2.42. The van der Waals surface area contributed by atoms with Gasteiger partial charge in [0.05, 0.1) is 19.0 Å². The molecule has 1 aliphatic rings. The number of methoxy groups -OCH3 is 1. The summed E-state index contributed by atoms with van der Waals surface area (Å²) >= 11 is 6.15. The van der Waals surface area contributed by atoms with Crippen LogP contribution in [0.4, 0.5) is 5.69 Å². The first kappa shape index (κ1) is 15.8. The first-order valence-corrected chi connectivity index (χ1v) is 7.19. The minimum atomic E-state index is -0.539. The number of hydrogen-bond donors (Lipinski definition) is 1. The molecular weight excluding hydrogens is 296 g/mol. The van der Waals surface area contributed by atoms with Crippen LogP contribution >= 0.6 is 11.6 Å². The van der Waals surface area contributed by atoms with Gasteiger partial charge in [-0.3, -0.25) is 9.59 Å². The molecular formula is C13H19ClN4O3. The van der Waals surface area contributed by atoms with E-state index < -0.39 is 11.5 Å². The van der Waals surface area contributed by atoms with Gasteiger partial charge in [0, 0.05) is 19.1 Å². The molecule has 21 heavy (non-hydrogen) atoms. The van der Waals surface area contributed by atoms with Crippen molar-refractivity contribution in [2.75, 3.05) is 32.1 Å². The molecule has 2 heterocycles. The number of rotatable bonds is 4. The van der Waals surface area contributed by atoms with Gasteiger partial charge in [-0.05, 0) is 19.9 Å². The highest BCUT2D eigenvalue weighted by molar-refractivity contribution is 6.33. The SMILES string of the molecule is CNC1CCN(c2cnn(CC(=O)OC)c(=O)c2Cl)CC1. The number of esters is 1. The van der Waals surface area contributed by atoms with Gasteiger partial charge in [-0.1, -0.05) is 11.6 Å². The zero-order valence-corrected chi connectivity index (χ0v) is 12.9. The molecule has 0 unspecified atom stereocenters. The second-order valence-corrected chi connectivity index (χ2v) is 5.31. The summed E-state index contributed by atoms with van der Waals surface area (Å²) in [6.45, 7) is 1.39. The average Bonchev–Trinajstić information content (AvgIpc) is 2.52. The largest absolute Gasteiger partial charge is 0.468 e. The second kappa shape index (κ2) is 6.91. The first-order valence-electron chi connectivity index (χ1n) is 6.81. The third kappa shape index (κ3) is 3.54. The van der Waals surface area contributed by atoms with Gasteiger partial charge in [0.1, 0.15) is 11.6 Å². The van der Waals surface area contributed by atoms with Crippen molar-refractivity contribution in [3.05, 3.63) is 21.6 Å². The summed E-state index contributed by atoms with van der Waals surface area (Å²) in [4.78, 5) is 25.4. The van der Waals surface area contributed by atoms with Crippen molar-refractivity contribution >= 4 is 23.3 Å². The smallest absolute Gasteiger partial charge is 0.327 e. The monoisotopic (exact) mass is 314 g/mol. The molecule has 0 atom stereocenters. The normalized spacial score (nSPS) is 16.0. The van der Waals surface area contributed by atoms with Gasteiger partial charge < -0.3 is 15.0 Å². The molecule has 0 aliphatic carbocycles. The van der Waals surface area contributed by atoms with Gasteiger partial charge in [0.25, 0.3) is 5.56 Å². The standard InChI is InChI=1S/C13H19ClN4O3/c1-15-9-3-5-17(6-4-9)10-7-16-18(8-11(19)21-2)13(20)12(10)14/h7,9,15H,3-6,8H2,1-2H3. The Morgan fingerprint density at radius 3 is 2.76 bits per heavy atom. The third-order valence-corrected chi connectivity index (χ3v) is 4.07. The van der Waals surface area contributed by atoms with Crippen molar-refractivity contribution in [2.24, 2.45) is 0 Å². The molecule has 8 heteroatoms. The van der Waals surface area contributed by atoms with Gasteiger partial charge in [-0.25, -0.2) is 4.68 Å². The number of nitrogens with one attached hydrogen (secondary N) is 1. The van der Waals surface area contributed by atoms with E-state index in [0.717, 1.165) is 30.6 Å². The molecule has 0 bridgehead atoms. The van der Waals surface area contributed by atoms with Crippen LogP contribution in [0.5, 0.6) is 0 Å². The summed E-state index contributed by atoms with van der Waals surface area (Å²) in [5.41, 5.74) is 0.146. The van der Waals surface area contributed by atoms with Gasteiger partial charge in [0.2, 0.25) is 0 Å². The number of carbonyl (C=O) groups excluding carboxylic acids is 1. The summed E-state index contributed by atoms with van der Waals surface area (Å²) in [6, 6.07) is 0.493. The van der Waals surface area contributed by atoms with Crippen molar-refractivity contribution in [2.45, 2.75) is 25.4 Å². The van der Waals surface area contributed by atoms with Crippen LogP contribution in [0.15, 0.2) is 11.0 Å². The topological polar surface area (TPSA) is 76.5 Å². The molecule has 2 rings (SSSR count). The molecule has 1 aromatic heterocycles. The van der Waals surface area contributed by atoms with Gasteiger partial charge in [-0.2, -0.15) is 5.10 Å². The fraction of sp³-hybridized carbons (Fsp3) is 0.615. The zero-order valence-electron chi connectivity index (χ0n) is 12.1. The van der Waals surface area contributed by atoms with E-state index in [1.807, 2.05) is 11.9 Å². The quantitative estimate of drug-likeness (QED) is 0.803. The Morgan fingerprint density at radius 1 is 1.52 bits per heavy atom. The lowest BCUT2D eigenvalue weighted by molar-refractivity contribution is -0.141. The fourth-order valence-electron chi connectivity index (χ4n) is 2.39. The Morgan fingerprint density at radius 2 is 2.19 bits per heavy atom. The van der Waals surface area contributed by atoms with Crippen LogP contribution in [0.3, 0.4) is 0 Å². The highest BCUT2D eigenvalue weighted by Crippen LogP contribution is 2.24. The molecule has 7 nitrogen and oxygen atoms in total. The average molecular weight is 315 g/mol. The molecule has 0 spiro atoms. The van der Waals surface area contributed by atoms with E-state index >= 15 is 0 Å². The Balaban J connectivity index is 2.17. The number of halogens is 1. The van der Waals surface area contributed by atoms with Crippen molar-refractivity contribution < 1.29 is 9.53 Å². The van der Waals surface area contributed by atoms with E-state index in [0.29, 0.717) is 11.7 Å². The van der Waals surface area contributed by atoms with Crippen LogP contribution in [0.1, 0.15) is 12.8 Å². The van der Waals surface area contributed by atoms with Crippen LogP contribution < -0.4 is 15.8 Å². The molecule has 1 saturated heterocycles. The van der Waals surface area contributed by atoms with Gasteiger partial charge >= 0.3 is 5.97 Å². The van der Waals surface area contributed by atoms with Crippen molar-refractivity contribution in [1.29, 1.82) is 0 Å². The van der Waals surface area contributed by atoms with Crippen molar-refractivity contribution in [1.82, 2.24) is 15.1 Å². The van der Waals surface area contributed by atoms with E-state index in [9.17, 15) is 9.59 Å². The maximum Gasteiger partial charge on any atom is 0.327 e. The molecule has 116 valence electrons. The van der Waals surface area contributed by atoms with E-state index in [1.54, 1.807) is 0 Å². The molecule has 1 aliphatic heterocycles. The predicted octanol–water partition coefficient (Wildman–Crippen LogP) is 0.258. The summed E-state index contributed by atoms with van der Waals surface area (Å²) in [5.74, 6) is -0.539. The van der Waals surface area contributed by atoms with Crippen LogP contribution in [-0.2, 0) is 16.1 Å². The summed E-state index contributed by atoms with van der Waals surface area (Å²) in [5, 5.41) is 7.34. The number of carbonyl (C=O) groups is 1. The maximum atomic E-state index is 12.1. The van der Waals surface area contributed by atoms with Gasteiger partial charge in [-0.15, -0.1) is 0 Å². The van der Waals surface area contributed by atoms with Crippen LogP contribution in [0, 0.1) is 0 Å². The Hall–Kier alpha value is -1.60. The molecule has 1 aromatic rings. The minimum Gasteiger partial charge on any atom is -0.468 e. The lowest BCUT2D eigenvalue weighted by atomic mass is 10.1. The molecule has 0 radical (unpaired) electrons. The number of nitrogens with zero attached hydrogens (tertiary/aromatic N) is 3. The molecule has 1 N–H and O–H groups in total. The Bertz CT molecular complexity index is 567. The number of hydrogen-bond acceptors (Lipinski definition) is 6. The van der Waals surface area contributed by atoms with Crippen molar-refractivity contribution in [3.63, 3.8) is 0 Å². The molecule has 1 fully saturated rings. The molecule has 0 saturated carbocycles. The summed E-state index contributed by atoms with van der Waals surface area (Å²) in [6.07, 6.45) is 3.50. The highest BCUT2D eigenvalue weighted by atomic mass is 35.5. The number of piperidine rings is 1. The highest BCUT2D eigenvalue weighted by Gasteiger charge is 2.22. The van der Waals surface area contributed by atoms with E-state index in [-0.39, 0.29) is 11.6 Å². The van der Waals surface area contributed by atoms with Gasteiger partial charge in [0.15, 0.2) is 0 Å². The summed E-state index contributed by atoms with van der Waals surface area (Å²) < 4.78 is 5.53. The third-order valence-electron chi connectivity index (χ3n) is 3.72. The second-order valence-electron chi connectivity index (χ2n) is 4.93. The Labute approximate surface area is 127 Å². The zero-order chi connectivity index (χ0) is 15.4. The minimum absolute atomic E-state index is 0.0943. The van der Waals surface area contributed by atoms with Crippen LogP contribution in [0.25, 0.3) is 0 Å². The van der Waals surface area contributed by atoms with Crippen LogP contribution in [-0.4, -0.2) is 49.0 Å². The lowest BCUT2D eigenvalue weighted by Gasteiger charge is -2.33. The van der Waals surface area contributed by atoms with E-state index in [2.05, 4.69) is 15.2 Å². The van der Waals surface area contributed by atoms with E-state index in [4.69, 9.17) is 11.6 Å². The Kier molecular flexibility index (Phi) is 5.19. The van der Waals surface area contributed by atoms with Crippen molar-refractivity contribution in [3.8, 4) is 0 Å². The fourth-order valence-corrected chi connectivity index (χ4v) is 2.65. The van der Waals surface area contributed by atoms with E-state index in [1.165, 1.54) is 13.3 Å². The molecule has 0 amide bonds. The first-order chi connectivity index (χ1) is 10.1. The summed E-state index contributed by atoms with van der Waals surface area (Å²) in [7, 11) is 3.21. The maximum absolute atomic E-state index is 12.1. The number of anilines is 1. The molecule has 0 aromatic carbocycles. The number of ether oxygens (including phenoxy) is 1.